The van der Waals surface area contributed by atoms with Gasteiger partial charge < -0.3 is 19.7 Å². The molecule has 0 amide bonds. The van der Waals surface area contributed by atoms with Crippen molar-refractivity contribution >= 4 is 11.6 Å². The predicted molar refractivity (Wildman–Crippen MR) is 76.7 cm³/mol. The minimum Gasteiger partial charge on any atom is -0.383 e. The van der Waals surface area contributed by atoms with Crippen molar-refractivity contribution in [3.63, 3.8) is 0 Å². The highest BCUT2D eigenvalue weighted by Gasteiger charge is 2.10. The molecule has 0 aliphatic rings. The van der Waals surface area contributed by atoms with E-state index in [0.29, 0.717) is 25.6 Å². The maximum atomic E-state index is 5.37. The van der Waals surface area contributed by atoms with Crippen LogP contribution in [-0.2, 0) is 16.1 Å². The molecule has 6 heteroatoms. The van der Waals surface area contributed by atoms with E-state index in [1.54, 1.807) is 7.11 Å². The first-order valence-corrected chi connectivity index (χ1v) is 6.62. The second kappa shape index (κ2) is 8.66. The number of hydrogen-bond acceptors (Lipinski definition) is 6. The molecule has 0 radical (unpaired) electrons. The van der Waals surface area contributed by atoms with Gasteiger partial charge in [-0.25, -0.2) is 9.97 Å². The van der Waals surface area contributed by atoms with Crippen LogP contribution in [0.5, 0.6) is 0 Å². The Morgan fingerprint density at radius 1 is 1.32 bits per heavy atom. The molecule has 0 unspecified atom stereocenters. The Balaban J connectivity index is 2.89. The lowest BCUT2D eigenvalue weighted by atomic mass is 10.4. The summed E-state index contributed by atoms with van der Waals surface area (Å²) in [6.45, 7) is 7.50. The van der Waals surface area contributed by atoms with Crippen LogP contribution in [0.1, 0.15) is 19.7 Å². The lowest BCUT2D eigenvalue weighted by molar-refractivity contribution is 0.128. The van der Waals surface area contributed by atoms with Crippen molar-refractivity contribution in [1.29, 1.82) is 0 Å². The molecule has 0 aromatic carbocycles. The van der Waals surface area contributed by atoms with Crippen LogP contribution in [0, 0.1) is 0 Å². The van der Waals surface area contributed by atoms with Gasteiger partial charge in [-0.15, -0.1) is 0 Å². The summed E-state index contributed by atoms with van der Waals surface area (Å²) in [4.78, 5) is 11.1. The van der Waals surface area contributed by atoms with Crippen molar-refractivity contribution in [3.8, 4) is 0 Å². The van der Waals surface area contributed by atoms with Crippen LogP contribution >= 0.6 is 0 Å². The Hall–Kier alpha value is -1.40. The largest absolute Gasteiger partial charge is 0.383 e. The molecular formula is C13H24N4O2. The Kier molecular flexibility index (Phi) is 7.14. The zero-order valence-corrected chi connectivity index (χ0v) is 12.3. The fourth-order valence-electron chi connectivity index (χ4n) is 1.67. The maximum absolute atomic E-state index is 5.37. The average molecular weight is 268 g/mol. The molecule has 0 spiro atoms. The van der Waals surface area contributed by atoms with Crippen molar-refractivity contribution in [2.24, 2.45) is 0 Å². The molecule has 108 valence electrons. The number of anilines is 2. The van der Waals surface area contributed by atoms with Crippen LogP contribution in [-0.4, -0.2) is 50.4 Å². The summed E-state index contributed by atoms with van der Waals surface area (Å²) in [5.74, 6) is 2.39. The molecule has 1 heterocycles. The van der Waals surface area contributed by atoms with Gasteiger partial charge in [-0.2, -0.15) is 0 Å². The summed E-state index contributed by atoms with van der Waals surface area (Å²) in [6, 6.07) is 1.94. The van der Waals surface area contributed by atoms with E-state index in [-0.39, 0.29) is 0 Å². The number of ether oxygens (including phenoxy) is 2. The monoisotopic (exact) mass is 268 g/mol. The smallest absolute Gasteiger partial charge is 0.158 e. The van der Waals surface area contributed by atoms with Crippen LogP contribution < -0.4 is 10.2 Å². The fourth-order valence-corrected chi connectivity index (χ4v) is 1.67. The second-order valence-electron chi connectivity index (χ2n) is 3.99. The van der Waals surface area contributed by atoms with E-state index < -0.39 is 0 Å². The van der Waals surface area contributed by atoms with Gasteiger partial charge in [-0.1, -0.05) is 0 Å². The van der Waals surface area contributed by atoms with Crippen molar-refractivity contribution in [2.45, 2.75) is 20.5 Å². The van der Waals surface area contributed by atoms with Gasteiger partial charge in [0.05, 0.1) is 6.61 Å². The van der Waals surface area contributed by atoms with Crippen LogP contribution in [0.2, 0.25) is 0 Å². The van der Waals surface area contributed by atoms with Gasteiger partial charge >= 0.3 is 0 Å². The minimum absolute atomic E-state index is 0.431. The summed E-state index contributed by atoms with van der Waals surface area (Å²) in [6.07, 6.45) is 0. The second-order valence-corrected chi connectivity index (χ2v) is 3.99. The molecule has 0 atom stereocenters. The Bertz CT molecular complexity index is 374. The van der Waals surface area contributed by atoms with E-state index in [1.165, 1.54) is 0 Å². The van der Waals surface area contributed by atoms with Crippen LogP contribution in [0.15, 0.2) is 6.07 Å². The highest BCUT2D eigenvalue weighted by molar-refractivity contribution is 5.49. The quantitative estimate of drug-likeness (QED) is 0.733. The van der Waals surface area contributed by atoms with E-state index in [0.717, 1.165) is 24.7 Å². The molecule has 0 saturated heterocycles. The van der Waals surface area contributed by atoms with Crippen LogP contribution in [0.4, 0.5) is 11.6 Å². The number of nitrogens with one attached hydrogen (secondary N) is 1. The molecule has 1 aromatic heterocycles. The Labute approximate surface area is 115 Å². The van der Waals surface area contributed by atoms with Crippen molar-refractivity contribution in [2.75, 3.05) is 50.7 Å². The SMILES string of the molecule is CCOCc1nc(NC)cc(N(CC)CCOC)n1. The topological polar surface area (TPSA) is 59.5 Å². The van der Waals surface area contributed by atoms with Gasteiger partial charge in [0.15, 0.2) is 5.82 Å². The molecular weight excluding hydrogens is 244 g/mol. The first-order chi connectivity index (χ1) is 9.24. The summed E-state index contributed by atoms with van der Waals surface area (Å²) in [5, 5.41) is 3.05. The number of methoxy groups -OCH3 is 1. The molecule has 1 N–H and O–H groups in total. The molecule has 0 fully saturated rings. The maximum Gasteiger partial charge on any atom is 0.158 e. The van der Waals surface area contributed by atoms with Gasteiger partial charge in [-0.3, -0.25) is 0 Å². The van der Waals surface area contributed by atoms with Crippen molar-refractivity contribution in [3.05, 3.63) is 11.9 Å². The first kappa shape index (κ1) is 15.7. The predicted octanol–water partition coefficient (Wildman–Crippen LogP) is 1.53. The number of aromatic nitrogens is 2. The van der Waals surface area contributed by atoms with E-state index in [9.17, 15) is 0 Å². The van der Waals surface area contributed by atoms with Gasteiger partial charge in [0.2, 0.25) is 0 Å². The summed E-state index contributed by atoms with van der Waals surface area (Å²) in [5.41, 5.74) is 0. The molecule has 0 aliphatic heterocycles. The highest BCUT2D eigenvalue weighted by Crippen LogP contribution is 2.16. The van der Waals surface area contributed by atoms with E-state index in [1.807, 2.05) is 20.0 Å². The Morgan fingerprint density at radius 2 is 2.11 bits per heavy atom. The third-order valence-corrected chi connectivity index (χ3v) is 2.72. The first-order valence-electron chi connectivity index (χ1n) is 6.62. The van der Waals surface area contributed by atoms with Gasteiger partial charge in [-0.05, 0) is 13.8 Å². The number of hydrogen-bond donors (Lipinski definition) is 1. The summed E-state index contributed by atoms with van der Waals surface area (Å²) < 4.78 is 10.5. The molecule has 0 saturated carbocycles. The van der Waals surface area contributed by atoms with Gasteiger partial charge in [0.1, 0.15) is 18.2 Å². The molecule has 0 aliphatic carbocycles. The molecule has 1 aromatic rings. The fraction of sp³-hybridized carbons (Fsp3) is 0.692. The van der Waals surface area contributed by atoms with E-state index >= 15 is 0 Å². The van der Waals surface area contributed by atoms with Gasteiger partial charge in [0, 0.05) is 39.9 Å². The lowest BCUT2D eigenvalue weighted by Crippen LogP contribution is -2.28. The summed E-state index contributed by atoms with van der Waals surface area (Å²) in [7, 11) is 3.55. The number of rotatable bonds is 9. The zero-order valence-electron chi connectivity index (χ0n) is 12.3. The minimum atomic E-state index is 0.431. The third-order valence-electron chi connectivity index (χ3n) is 2.72. The number of likely N-dealkylation sites (N-methyl/N-ethyl adjacent to an activating group) is 1. The van der Waals surface area contributed by atoms with Crippen LogP contribution in [0.25, 0.3) is 0 Å². The molecule has 6 nitrogen and oxygen atoms in total. The molecule has 1 rings (SSSR count). The molecule has 0 bridgehead atoms. The Morgan fingerprint density at radius 3 is 2.68 bits per heavy atom. The van der Waals surface area contributed by atoms with E-state index in [2.05, 4.69) is 27.1 Å². The number of nitrogens with zero attached hydrogens (tertiary/aromatic N) is 3. The molecule has 19 heavy (non-hydrogen) atoms. The standard InChI is InChI=1S/C13H24N4O2/c1-5-17(7-8-18-4)13-9-11(14-3)15-12(16-13)10-19-6-2/h9H,5-8,10H2,1-4H3,(H,14,15,16). The van der Waals surface area contributed by atoms with Crippen molar-refractivity contribution < 1.29 is 9.47 Å². The van der Waals surface area contributed by atoms with Gasteiger partial charge in [0.25, 0.3) is 0 Å². The zero-order chi connectivity index (χ0) is 14.1. The average Bonchev–Trinajstić information content (AvgIpc) is 2.45. The normalized spacial score (nSPS) is 10.5. The van der Waals surface area contributed by atoms with Crippen LogP contribution in [0.3, 0.4) is 0 Å². The summed E-state index contributed by atoms with van der Waals surface area (Å²) >= 11 is 0. The van der Waals surface area contributed by atoms with E-state index in [4.69, 9.17) is 9.47 Å². The van der Waals surface area contributed by atoms with Crippen molar-refractivity contribution in [1.82, 2.24) is 9.97 Å². The third kappa shape index (κ3) is 5.00. The highest BCUT2D eigenvalue weighted by atomic mass is 16.5. The lowest BCUT2D eigenvalue weighted by Gasteiger charge is -2.22.